The average Bonchev–Trinajstić information content (AvgIpc) is 3.24. The Bertz CT molecular complexity index is 827. The summed E-state index contributed by atoms with van der Waals surface area (Å²) in [7, 11) is 0. The Kier molecular flexibility index (Phi) is 6.81. The van der Waals surface area contributed by atoms with Gasteiger partial charge in [-0.05, 0) is 68.4 Å². The number of fused-ring (bicyclic) bond motifs is 1. The van der Waals surface area contributed by atoms with Crippen LogP contribution in [0, 0.1) is 24.7 Å². The molecule has 4 unspecified atom stereocenters. The summed E-state index contributed by atoms with van der Waals surface area (Å²) in [6, 6.07) is 4.00. The molecule has 0 spiro atoms. The molecular formula is C28H44N4O. The lowest BCUT2D eigenvalue weighted by Gasteiger charge is -2.50. The van der Waals surface area contributed by atoms with Gasteiger partial charge >= 0.3 is 0 Å². The molecule has 2 saturated carbocycles. The topological polar surface area (TPSA) is 66.0 Å². The number of carbonyl (C=O) groups is 1. The first kappa shape index (κ1) is 23.3. The number of carbonyl (C=O) groups excluding carboxylic acids is 1. The number of hydrogen-bond acceptors (Lipinski definition) is 4. The highest BCUT2D eigenvalue weighted by Crippen LogP contribution is 2.52. The van der Waals surface area contributed by atoms with Crippen LogP contribution in [0.5, 0.6) is 0 Å². The van der Waals surface area contributed by atoms with E-state index in [1.807, 2.05) is 12.3 Å². The van der Waals surface area contributed by atoms with E-state index in [-0.39, 0.29) is 23.0 Å². The van der Waals surface area contributed by atoms with Gasteiger partial charge in [-0.3, -0.25) is 15.1 Å². The molecule has 0 radical (unpaired) electrons. The molecule has 182 valence electrons. The van der Waals surface area contributed by atoms with Gasteiger partial charge in [0.2, 0.25) is 5.91 Å². The first-order chi connectivity index (χ1) is 16.1. The highest BCUT2D eigenvalue weighted by molar-refractivity contribution is 5.83. The van der Waals surface area contributed by atoms with Crippen molar-refractivity contribution in [3.63, 3.8) is 0 Å². The predicted molar refractivity (Wildman–Crippen MR) is 133 cm³/mol. The summed E-state index contributed by atoms with van der Waals surface area (Å²) in [4.78, 5) is 18.4. The molecule has 1 aromatic heterocycles. The molecule has 3 N–H and O–H groups in total. The molecule has 4 fully saturated rings. The molecule has 4 aliphatic rings. The van der Waals surface area contributed by atoms with Crippen LogP contribution < -0.4 is 16.0 Å². The second-order valence-corrected chi connectivity index (χ2v) is 11.6. The molecule has 2 aliphatic carbocycles. The number of nitrogens with zero attached hydrogens (tertiary/aromatic N) is 1. The third-order valence-electron chi connectivity index (χ3n) is 9.65. The van der Waals surface area contributed by atoms with Crippen molar-refractivity contribution in [2.75, 3.05) is 13.1 Å². The molecule has 5 rings (SSSR count). The predicted octanol–water partition coefficient (Wildman–Crippen LogP) is 4.59. The maximum absolute atomic E-state index is 13.8. The van der Waals surface area contributed by atoms with Gasteiger partial charge in [0.25, 0.3) is 0 Å². The number of aromatic nitrogens is 1. The minimum absolute atomic E-state index is 0.0790. The van der Waals surface area contributed by atoms with Crippen molar-refractivity contribution in [2.45, 2.75) is 108 Å². The summed E-state index contributed by atoms with van der Waals surface area (Å²) in [6.45, 7) is 6.10. The molecule has 33 heavy (non-hydrogen) atoms. The van der Waals surface area contributed by atoms with Crippen molar-refractivity contribution in [1.82, 2.24) is 20.9 Å². The Labute approximate surface area is 200 Å². The zero-order valence-corrected chi connectivity index (χ0v) is 20.8. The van der Waals surface area contributed by atoms with E-state index in [9.17, 15) is 4.79 Å². The molecule has 5 heteroatoms. The summed E-state index contributed by atoms with van der Waals surface area (Å²) in [5.41, 5.74) is 1.96. The standard InChI is InChI=1S/C28H44N4O/c1-20-11-10-16-30-25(20)27(18-29-19-27)32-26(33)24-17-23-15-9-12-21(2)28(23,31-24)22-13-7-5-3-4-6-8-14-22/h10-11,16,21-24,29,31H,3-9,12-15,17-19H2,1-2H3,(H,32,33). The number of pyridine rings is 1. The number of hydrogen-bond donors (Lipinski definition) is 3. The molecular weight excluding hydrogens is 408 g/mol. The highest BCUT2D eigenvalue weighted by atomic mass is 16.2. The smallest absolute Gasteiger partial charge is 0.238 e. The van der Waals surface area contributed by atoms with Crippen molar-refractivity contribution in [2.24, 2.45) is 17.8 Å². The zero-order valence-electron chi connectivity index (χ0n) is 20.8. The lowest BCUT2D eigenvalue weighted by molar-refractivity contribution is -0.126. The fourth-order valence-corrected chi connectivity index (χ4v) is 7.91. The van der Waals surface area contributed by atoms with Crippen LogP contribution in [-0.4, -0.2) is 35.6 Å². The van der Waals surface area contributed by atoms with E-state index in [0.29, 0.717) is 17.8 Å². The van der Waals surface area contributed by atoms with Crippen molar-refractivity contribution in [3.05, 3.63) is 29.6 Å². The van der Waals surface area contributed by atoms with Gasteiger partial charge in [0.1, 0.15) is 5.54 Å². The van der Waals surface area contributed by atoms with Crippen molar-refractivity contribution in [3.8, 4) is 0 Å². The molecule has 0 aromatic carbocycles. The van der Waals surface area contributed by atoms with Crippen LogP contribution >= 0.6 is 0 Å². The second-order valence-electron chi connectivity index (χ2n) is 11.6. The molecule has 1 amide bonds. The number of rotatable bonds is 4. The first-order valence-electron chi connectivity index (χ1n) is 13.8. The van der Waals surface area contributed by atoms with Gasteiger partial charge in [0, 0.05) is 24.8 Å². The fraction of sp³-hybridized carbons (Fsp3) is 0.786. The molecule has 4 atom stereocenters. The largest absolute Gasteiger partial charge is 0.341 e. The fourth-order valence-electron chi connectivity index (χ4n) is 7.91. The van der Waals surface area contributed by atoms with Gasteiger partial charge in [0.05, 0.1) is 11.7 Å². The van der Waals surface area contributed by atoms with Gasteiger partial charge in [-0.15, -0.1) is 0 Å². The van der Waals surface area contributed by atoms with E-state index in [1.54, 1.807) is 0 Å². The van der Waals surface area contributed by atoms with Crippen molar-refractivity contribution < 1.29 is 4.79 Å². The summed E-state index contributed by atoms with van der Waals surface area (Å²) in [6.07, 6.45) is 17.7. The van der Waals surface area contributed by atoms with Crippen LogP contribution in [0.2, 0.25) is 0 Å². The van der Waals surface area contributed by atoms with E-state index in [1.165, 1.54) is 70.6 Å². The molecule has 1 aromatic rings. The Balaban J connectivity index is 1.36. The van der Waals surface area contributed by atoms with Gasteiger partial charge < -0.3 is 10.6 Å². The lowest BCUT2D eigenvalue weighted by atomic mass is 9.59. The van der Waals surface area contributed by atoms with Gasteiger partial charge in [-0.1, -0.05) is 57.9 Å². The molecule has 2 saturated heterocycles. The maximum Gasteiger partial charge on any atom is 0.238 e. The Morgan fingerprint density at radius 2 is 1.70 bits per heavy atom. The highest BCUT2D eigenvalue weighted by Gasteiger charge is 2.57. The minimum Gasteiger partial charge on any atom is -0.341 e. The molecule has 2 aliphatic heterocycles. The number of aryl methyl sites for hydroxylation is 1. The van der Waals surface area contributed by atoms with Gasteiger partial charge in [-0.2, -0.15) is 0 Å². The molecule has 3 heterocycles. The summed E-state index contributed by atoms with van der Waals surface area (Å²) in [5.74, 6) is 2.18. The van der Waals surface area contributed by atoms with E-state index < -0.39 is 0 Å². The van der Waals surface area contributed by atoms with Crippen LogP contribution in [0.4, 0.5) is 0 Å². The minimum atomic E-state index is -0.366. The van der Waals surface area contributed by atoms with Gasteiger partial charge in [0.15, 0.2) is 0 Å². The Hall–Kier alpha value is -1.46. The van der Waals surface area contributed by atoms with E-state index in [2.05, 4.69) is 40.8 Å². The summed E-state index contributed by atoms with van der Waals surface area (Å²) in [5, 5.41) is 10.9. The van der Waals surface area contributed by atoms with Crippen LogP contribution in [-0.2, 0) is 10.3 Å². The second kappa shape index (κ2) is 9.65. The number of nitrogens with one attached hydrogen (secondary N) is 3. The average molecular weight is 453 g/mol. The quantitative estimate of drug-likeness (QED) is 0.625. The van der Waals surface area contributed by atoms with Crippen molar-refractivity contribution in [1.29, 1.82) is 0 Å². The Morgan fingerprint density at radius 1 is 1.00 bits per heavy atom. The van der Waals surface area contributed by atoms with E-state index >= 15 is 0 Å². The van der Waals surface area contributed by atoms with Crippen LogP contribution in [0.15, 0.2) is 18.3 Å². The van der Waals surface area contributed by atoms with Crippen LogP contribution in [0.25, 0.3) is 0 Å². The first-order valence-corrected chi connectivity index (χ1v) is 13.8. The van der Waals surface area contributed by atoms with Crippen LogP contribution in [0.1, 0.15) is 95.2 Å². The number of amides is 1. The van der Waals surface area contributed by atoms with E-state index in [4.69, 9.17) is 0 Å². The normalized spacial score (nSPS) is 34.9. The third-order valence-corrected chi connectivity index (χ3v) is 9.65. The van der Waals surface area contributed by atoms with E-state index in [0.717, 1.165) is 30.8 Å². The Morgan fingerprint density at radius 3 is 2.36 bits per heavy atom. The maximum atomic E-state index is 13.8. The SMILES string of the molecule is Cc1cccnc1C1(NC(=O)C2CC3CCCC(C)C3(C3CCCCCCCC3)N2)CNC1. The summed E-state index contributed by atoms with van der Waals surface area (Å²) < 4.78 is 0. The van der Waals surface area contributed by atoms with Crippen LogP contribution in [0.3, 0.4) is 0 Å². The third kappa shape index (κ3) is 4.25. The molecule has 5 nitrogen and oxygen atoms in total. The van der Waals surface area contributed by atoms with Gasteiger partial charge in [-0.25, -0.2) is 0 Å². The van der Waals surface area contributed by atoms with Crippen molar-refractivity contribution >= 4 is 5.91 Å². The zero-order chi connectivity index (χ0) is 22.9. The monoisotopic (exact) mass is 452 g/mol. The summed E-state index contributed by atoms with van der Waals surface area (Å²) >= 11 is 0. The molecule has 0 bridgehead atoms. The lowest BCUT2D eigenvalue weighted by Crippen LogP contribution is -2.69.